The molecule has 0 saturated carbocycles. The fraction of sp³-hybridized carbons (Fsp3) is 0.312. The van der Waals surface area contributed by atoms with Crippen LogP contribution in [0.1, 0.15) is 24.2 Å². The van der Waals surface area contributed by atoms with E-state index in [2.05, 4.69) is 24.5 Å². The van der Waals surface area contributed by atoms with E-state index in [0.717, 1.165) is 5.69 Å². The Kier molecular flexibility index (Phi) is 4.82. The van der Waals surface area contributed by atoms with Gasteiger partial charge in [-0.2, -0.15) is 0 Å². The standard InChI is InChI=1S/C16H20N2O2/c1-12(2)15(18-14-6-4-3-5-7-14)10-17-16(19)13-8-9-20-11-13/h3-9,11-12,15,18H,10H2,1-2H3,(H,17,19). The Bertz CT molecular complexity index is 521. The van der Waals surface area contributed by atoms with Gasteiger partial charge in [0, 0.05) is 18.3 Å². The maximum Gasteiger partial charge on any atom is 0.254 e. The van der Waals surface area contributed by atoms with E-state index in [9.17, 15) is 4.79 Å². The molecule has 4 heteroatoms. The number of anilines is 1. The Morgan fingerprint density at radius 3 is 2.55 bits per heavy atom. The molecule has 0 aliphatic heterocycles. The molecule has 0 bridgehead atoms. The minimum atomic E-state index is -0.112. The number of amides is 1. The Balaban J connectivity index is 1.91. The molecule has 20 heavy (non-hydrogen) atoms. The van der Waals surface area contributed by atoms with Crippen molar-refractivity contribution >= 4 is 11.6 Å². The van der Waals surface area contributed by atoms with Crippen molar-refractivity contribution in [2.75, 3.05) is 11.9 Å². The zero-order chi connectivity index (χ0) is 14.4. The van der Waals surface area contributed by atoms with Crippen molar-refractivity contribution in [3.05, 3.63) is 54.5 Å². The molecule has 2 rings (SSSR count). The zero-order valence-electron chi connectivity index (χ0n) is 11.8. The van der Waals surface area contributed by atoms with Crippen molar-refractivity contribution < 1.29 is 9.21 Å². The quantitative estimate of drug-likeness (QED) is 0.849. The summed E-state index contributed by atoms with van der Waals surface area (Å²) in [5, 5.41) is 6.37. The summed E-state index contributed by atoms with van der Waals surface area (Å²) in [4.78, 5) is 11.9. The monoisotopic (exact) mass is 272 g/mol. The first-order valence-electron chi connectivity index (χ1n) is 6.79. The molecule has 2 N–H and O–H groups in total. The number of furan rings is 1. The van der Waals surface area contributed by atoms with Crippen LogP contribution in [-0.4, -0.2) is 18.5 Å². The van der Waals surface area contributed by atoms with E-state index in [4.69, 9.17) is 4.42 Å². The SMILES string of the molecule is CC(C)C(CNC(=O)c1ccoc1)Nc1ccccc1. The summed E-state index contributed by atoms with van der Waals surface area (Å²) < 4.78 is 4.91. The lowest BCUT2D eigenvalue weighted by molar-refractivity contribution is 0.0949. The van der Waals surface area contributed by atoms with E-state index in [1.165, 1.54) is 12.5 Å². The van der Waals surface area contributed by atoms with E-state index >= 15 is 0 Å². The molecule has 0 fully saturated rings. The van der Waals surface area contributed by atoms with Gasteiger partial charge >= 0.3 is 0 Å². The number of carbonyl (C=O) groups is 1. The minimum absolute atomic E-state index is 0.112. The second kappa shape index (κ2) is 6.80. The van der Waals surface area contributed by atoms with E-state index < -0.39 is 0 Å². The lowest BCUT2D eigenvalue weighted by Crippen LogP contribution is -2.39. The van der Waals surface area contributed by atoms with Crippen LogP contribution >= 0.6 is 0 Å². The second-order valence-electron chi connectivity index (χ2n) is 5.08. The molecule has 0 aliphatic carbocycles. The molecular weight excluding hydrogens is 252 g/mol. The highest BCUT2D eigenvalue weighted by Crippen LogP contribution is 2.12. The third-order valence-electron chi connectivity index (χ3n) is 3.20. The molecule has 1 unspecified atom stereocenters. The number of carbonyl (C=O) groups excluding carboxylic acids is 1. The van der Waals surface area contributed by atoms with Crippen molar-refractivity contribution in [3.63, 3.8) is 0 Å². The lowest BCUT2D eigenvalue weighted by Gasteiger charge is -2.23. The smallest absolute Gasteiger partial charge is 0.254 e. The molecule has 1 heterocycles. The van der Waals surface area contributed by atoms with Gasteiger partial charge in [0.25, 0.3) is 5.91 Å². The number of rotatable bonds is 6. The summed E-state index contributed by atoms with van der Waals surface area (Å²) in [6.45, 7) is 4.83. The molecule has 1 aromatic heterocycles. The fourth-order valence-electron chi connectivity index (χ4n) is 1.90. The predicted octanol–water partition coefficient (Wildman–Crippen LogP) is 3.15. The molecule has 106 valence electrons. The van der Waals surface area contributed by atoms with Crippen LogP contribution < -0.4 is 10.6 Å². The summed E-state index contributed by atoms with van der Waals surface area (Å²) in [6.07, 6.45) is 2.95. The number of nitrogens with one attached hydrogen (secondary N) is 2. The van der Waals surface area contributed by atoms with E-state index in [0.29, 0.717) is 18.0 Å². The van der Waals surface area contributed by atoms with Gasteiger partial charge in [0.05, 0.1) is 11.8 Å². The first-order chi connectivity index (χ1) is 9.66. The Hall–Kier alpha value is -2.23. The first-order valence-corrected chi connectivity index (χ1v) is 6.79. The third kappa shape index (κ3) is 3.88. The Morgan fingerprint density at radius 2 is 1.95 bits per heavy atom. The average molecular weight is 272 g/mol. The van der Waals surface area contributed by atoms with Gasteiger partial charge in [0.2, 0.25) is 0 Å². The molecule has 0 saturated heterocycles. The zero-order valence-corrected chi connectivity index (χ0v) is 11.8. The van der Waals surface area contributed by atoms with Crippen LogP contribution in [0.25, 0.3) is 0 Å². The molecule has 1 atom stereocenters. The van der Waals surface area contributed by atoms with Gasteiger partial charge in [0.15, 0.2) is 0 Å². The molecule has 0 radical (unpaired) electrons. The van der Waals surface area contributed by atoms with Gasteiger partial charge < -0.3 is 15.1 Å². The fourth-order valence-corrected chi connectivity index (χ4v) is 1.90. The van der Waals surface area contributed by atoms with Gasteiger partial charge in [0.1, 0.15) is 6.26 Å². The van der Waals surface area contributed by atoms with Crippen LogP contribution in [0.15, 0.2) is 53.3 Å². The molecular formula is C16H20N2O2. The second-order valence-corrected chi connectivity index (χ2v) is 5.08. The topological polar surface area (TPSA) is 54.3 Å². The summed E-state index contributed by atoms with van der Waals surface area (Å²) in [6, 6.07) is 11.8. The van der Waals surface area contributed by atoms with Crippen molar-refractivity contribution in [1.82, 2.24) is 5.32 Å². The van der Waals surface area contributed by atoms with Gasteiger partial charge in [-0.25, -0.2) is 0 Å². The van der Waals surface area contributed by atoms with Crippen LogP contribution in [-0.2, 0) is 0 Å². The highest BCUT2D eigenvalue weighted by atomic mass is 16.3. The maximum absolute atomic E-state index is 11.9. The van der Waals surface area contributed by atoms with E-state index in [1.807, 2.05) is 30.3 Å². The highest BCUT2D eigenvalue weighted by molar-refractivity contribution is 5.93. The molecule has 2 aromatic rings. The maximum atomic E-state index is 11.9. The molecule has 0 aliphatic rings. The van der Waals surface area contributed by atoms with Crippen molar-refractivity contribution in [3.8, 4) is 0 Å². The average Bonchev–Trinajstić information content (AvgIpc) is 2.98. The summed E-state index contributed by atoms with van der Waals surface area (Å²) >= 11 is 0. The van der Waals surface area contributed by atoms with Crippen molar-refractivity contribution in [2.24, 2.45) is 5.92 Å². The summed E-state index contributed by atoms with van der Waals surface area (Å²) in [7, 11) is 0. The number of para-hydroxylation sites is 1. The van der Waals surface area contributed by atoms with Crippen molar-refractivity contribution in [1.29, 1.82) is 0 Å². The molecule has 1 amide bonds. The molecule has 0 spiro atoms. The van der Waals surface area contributed by atoms with Gasteiger partial charge in [-0.3, -0.25) is 4.79 Å². The van der Waals surface area contributed by atoms with Crippen LogP contribution in [0.5, 0.6) is 0 Å². The number of hydrogen-bond donors (Lipinski definition) is 2. The Morgan fingerprint density at radius 1 is 1.20 bits per heavy atom. The van der Waals surface area contributed by atoms with Gasteiger partial charge in [-0.15, -0.1) is 0 Å². The Labute approximate surface area is 119 Å². The van der Waals surface area contributed by atoms with Gasteiger partial charge in [-0.1, -0.05) is 32.0 Å². The normalized spacial score (nSPS) is 12.2. The van der Waals surface area contributed by atoms with Crippen LogP contribution in [0.2, 0.25) is 0 Å². The number of hydrogen-bond acceptors (Lipinski definition) is 3. The van der Waals surface area contributed by atoms with Gasteiger partial charge in [-0.05, 0) is 24.1 Å². The predicted molar refractivity (Wildman–Crippen MR) is 79.7 cm³/mol. The van der Waals surface area contributed by atoms with E-state index in [-0.39, 0.29) is 11.9 Å². The minimum Gasteiger partial charge on any atom is -0.472 e. The largest absolute Gasteiger partial charge is 0.472 e. The third-order valence-corrected chi connectivity index (χ3v) is 3.20. The van der Waals surface area contributed by atoms with E-state index in [1.54, 1.807) is 6.07 Å². The summed E-state index contributed by atoms with van der Waals surface area (Å²) in [5.41, 5.74) is 1.61. The molecule has 4 nitrogen and oxygen atoms in total. The summed E-state index contributed by atoms with van der Waals surface area (Å²) in [5.74, 6) is 0.291. The lowest BCUT2D eigenvalue weighted by atomic mass is 10.0. The molecule has 1 aromatic carbocycles. The van der Waals surface area contributed by atoms with Crippen molar-refractivity contribution in [2.45, 2.75) is 19.9 Å². The van der Waals surface area contributed by atoms with Crippen LogP contribution in [0.3, 0.4) is 0 Å². The highest BCUT2D eigenvalue weighted by Gasteiger charge is 2.15. The first kappa shape index (κ1) is 14.2. The number of benzene rings is 1. The van der Waals surface area contributed by atoms with Crippen LogP contribution in [0.4, 0.5) is 5.69 Å². The van der Waals surface area contributed by atoms with Crippen LogP contribution in [0, 0.1) is 5.92 Å².